The normalized spacial score (nSPS) is 10.2. The van der Waals surface area contributed by atoms with E-state index in [0.29, 0.717) is 5.69 Å². The van der Waals surface area contributed by atoms with Crippen LogP contribution < -0.4 is 10.1 Å². The molecule has 0 saturated carbocycles. The first-order chi connectivity index (χ1) is 10.8. The minimum atomic E-state index is -0.361. The number of rotatable bonds is 4. The smallest absolute Gasteiger partial charge is 0.295 e. The maximum Gasteiger partial charge on any atom is 0.295 e. The number of carbonyl (C=O) groups excluding carboxylic acids is 1. The molecule has 3 rings (SSSR count). The molecule has 110 valence electrons. The number of methoxy groups -OCH3 is 1. The van der Waals surface area contributed by atoms with Crippen LogP contribution >= 0.6 is 0 Å². The highest BCUT2D eigenvalue weighted by atomic mass is 16.5. The van der Waals surface area contributed by atoms with Gasteiger partial charge in [-0.15, -0.1) is 5.10 Å². The quantitative estimate of drug-likeness (QED) is 0.802. The van der Waals surface area contributed by atoms with Crippen LogP contribution in [0.2, 0.25) is 0 Å². The number of para-hydroxylation sites is 1. The summed E-state index contributed by atoms with van der Waals surface area (Å²) in [5.74, 6) is 0.476. The third-order valence-corrected chi connectivity index (χ3v) is 3.06. The maximum atomic E-state index is 12.1. The predicted molar refractivity (Wildman–Crippen MR) is 82.3 cm³/mol. The topological polar surface area (TPSA) is 69.0 Å². The van der Waals surface area contributed by atoms with Gasteiger partial charge in [0.2, 0.25) is 5.82 Å². The lowest BCUT2D eigenvalue weighted by molar-refractivity contribution is 0.101. The molecule has 6 nitrogen and oxygen atoms in total. The third-order valence-electron chi connectivity index (χ3n) is 3.06. The van der Waals surface area contributed by atoms with E-state index in [9.17, 15) is 4.79 Å². The molecule has 0 unspecified atom stereocenters. The summed E-state index contributed by atoms with van der Waals surface area (Å²) in [5, 5.41) is 6.92. The lowest BCUT2D eigenvalue weighted by Crippen LogP contribution is -2.14. The fourth-order valence-corrected chi connectivity index (χ4v) is 1.93. The summed E-state index contributed by atoms with van der Waals surface area (Å²) in [6.45, 7) is 0. The van der Waals surface area contributed by atoms with Crippen LogP contribution in [0, 0.1) is 0 Å². The molecular weight excluding hydrogens is 280 g/mol. The van der Waals surface area contributed by atoms with Crippen LogP contribution in [0.4, 0.5) is 5.69 Å². The fraction of sp³-hybridized carbons (Fsp3) is 0.0625. The SMILES string of the molecule is COc1ccc(NC(=O)c2ncn(-c3ccccc3)n2)cc1. The van der Waals surface area contributed by atoms with Gasteiger partial charge in [-0.3, -0.25) is 4.79 Å². The summed E-state index contributed by atoms with van der Waals surface area (Å²) in [6, 6.07) is 16.5. The van der Waals surface area contributed by atoms with Crippen LogP contribution in [0.5, 0.6) is 5.75 Å². The maximum absolute atomic E-state index is 12.1. The second kappa shape index (κ2) is 6.09. The van der Waals surface area contributed by atoms with Crippen molar-refractivity contribution in [1.29, 1.82) is 0 Å². The molecule has 6 heteroatoms. The number of aromatic nitrogens is 3. The zero-order valence-corrected chi connectivity index (χ0v) is 11.9. The first-order valence-electron chi connectivity index (χ1n) is 6.69. The van der Waals surface area contributed by atoms with E-state index in [2.05, 4.69) is 15.4 Å². The molecule has 2 aromatic carbocycles. The molecule has 3 aromatic rings. The van der Waals surface area contributed by atoms with Gasteiger partial charge in [-0.1, -0.05) is 18.2 Å². The van der Waals surface area contributed by atoms with Crippen molar-refractivity contribution in [3.63, 3.8) is 0 Å². The van der Waals surface area contributed by atoms with Gasteiger partial charge in [-0.2, -0.15) is 0 Å². The molecule has 1 aromatic heterocycles. The molecule has 1 amide bonds. The van der Waals surface area contributed by atoms with E-state index in [0.717, 1.165) is 11.4 Å². The number of nitrogens with zero attached hydrogens (tertiary/aromatic N) is 3. The van der Waals surface area contributed by atoms with Crippen LogP contribution in [0.15, 0.2) is 60.9 Å². The van der Waals surface area contributed by atoms with E-state index in [4.69, 9.17) is 4.74 Å². The summed E-state index contributed by atoms with van der Waals surface area (Å²) in [4.78, 5) is 16.2. The van der Waals surface area contributed by atoms with E-state index in [1.165, 1.54) is 6.33 Å². The Balaban J connectivity index is 1.74. The van der Waals surface area contributed by atoms with Crippen LogP contribution in [0.1, 0.15) is 10.6 Å². The lowest BCUT2D eigenvalue weighted by atomic mass is 10.3. The van der Waals surface area contributed by atoms with Gasteiger partial charge in [-0.05, 0) is 36.4 Å². The van der Waals surface area contributed by atoms with E-state index in [-0.39, 0.29) is 11.7 Å². The van der Waals surface area contributed by atoms with Crippen molar-refractivity contribution in [1.82, 2.24) is 14.8 Å². The minimum absolute atomic E-state index is 0.111. The molecule has 0 aliphatic carbocycles. The molecule has 1 heterocycles. The molecule has 0 atom stereocenters. The monoisotopic (exact) mass is 294 g/mol. The van der Waals surface area contributed by atoms with Gasteiger partial charge in [0, 0.05) is 5.69 Å². The number of amides is 1. The second-order valence-electron chi connectivity index (χ2n) is 4.53. The Labute approximate surface area is 127 Å². The summed E-state index contributed by atoms with van der Waals surface area (Å²) in [7, 11) is 1.59. The van der Waals surface area contributed by atoms with Crippen molar-refractivity contribution >= 4 is 11.6 Å². The molecule has 0 aliphatic heterocycles. The molecule has 1 N–H and O–H groups in total. The number of benzene rings is 2. The van der Waals surface area contributed by atoms with Crippen LogP contribution in [-0.2, 0) is 0 Å². The van der Waals surface area contributed by atoms with Crippen molar-refractivity contribution in [2.75, 3.05) is 12.4 Å². The van der Waals surface area contributed by atoms with Crippen molar-refractivity contribution in [3.05, 3.63) is 66.7 Å². The molecule has 22 heavy (non-hydrogen) atoms. The van der Waals surface area contributed by atoms with Gasteiger partial charge in [0.15, 0.2) is 0 Å². The van der Waals surface area contributed by atoms with Gasteiger partial charge in [0.05, 0.1) is 12.8 Å². The molecule has 0 aliphatic rings. The summed E-state index contributed by atoms with van der Waals surface area (Å²) in [5.41, 5.74) is 1.50. The highest BCUT2D eigenvalue weighted by Crippen LogP contribution is 2.15. The highest BCUT2D eigenvalue weighted by molar-refractivity contribution is 6.01. The number of anilines is 1. The van der Waals surface area contributed by atoms with Crippen LogP contribution in [0.3, 0.4) is 0 Å². The molecule has 0 bridgehead atoms. The van der Waals surface area contributed by atoms with Crippen LogP contribution in [0.25, 0.3) is 5.69 Å². The average molecular weight is 294 g/mol. The Morgan fingerprint density at radius 3 is 2.50 bits per heavy atom. The minimum Gasteiger partial charge on any atom is -0.497 e. The Morgan fingerprint density at radius 1 is 1.09 bits per heavy atom. The number of hydrogen-bond acceptors (Lipinski definition) is 4. The Hall–Kier alpha value is -3.15. The highest BCUT2D eigenvalue weighted by Gasteiger charge is 2.12. The zero-order valence-electron chi connectivity index (χ0n) is 11.9. The molecule has 0 radical (unpaired) electrons. The van der Waals surface area contributed by atoms with Crippen molar-refractivity contribution in [2.24, 2.45) is 0 Å². The number of hydrogen-bond donors (Lipinski definition) is 1. The first-order valence-corrected chi connectivity index (χ1v) is 6.69. The average Bonchev–Trinajstić information content (AvgIpc) is 3.06. The van der Waals surface area contributed by atoms with E-state index in [1.807, 2.05) is 30.3 Å². The third kappa shape index (κ3) is 2.95. The molecule has 0 fully saturated rings. The van der Waals surface area contributed by atoms with Gasteiger partial charge in [0.25, 0.3) is 5.91 Å². The second-order valence-corrected chi connectivity index (χ2v) is 4.53. The number of ether oxygens (including phenoxy) is 1. The predicted octanol–water partition coefficient (Wildman–Crippen LogP) is 2.53. The Kier molecular flexibility index (Phi) is 3.82. The largest absolute Gasteiger partial charge is 0.497 e. The molecular formula is C16H14N4O2. The standard InChI is InChI=1S/C16H14N4O2/c1-22-14-9-7-12(8-10-14)18-16(21)15-17-11-20(19-15)13-5-3-2-4-6-13/h2-11H,1H3,(H,18,21). The van der Waals surface area contributed by atoms with Crippen molar-refractivity contribution < 1.29 is 9.53 Å². The van der Waals surface area contributed by atoms with E-state index >= 15 is 0 Å². The fourth-order valence-electron chi connectivity index (χ4n) is 1.93. The van der Waals surface area contributed by atoms with E-state index < -0.39 is 0 Å². The summed E-state index contributed by atoms with van der Waals surface area (Å²) < 4.78 is 6.63. The van der Waals surface area contributed by atoms with E-state index in [1.54, 1.807) is 36.1 Å². The lowest BCUT2D eigenvalue weighted by Gasteiger charge is -2.04. The first kappa shape index (κ1) is 13.8. The van der Waals surface area contributed by atoms with Crippen molar-refractivity contribution in [2.45, 2.75) is 0 Å². The van der Waals surface area contributed by atoms with Gasteiger partial charge in [0.1, 0.15) is 12.1 Å². The Bertz CT molecular complexity index is 766. The summed E-state index contributed by atoms with van der Waals surface area (Å²) >= 11 is 0. The molecule has 0 spiro atoms. The number of nitrogens with one attached hydrogen (secondary N) is 1. The van der Waals surface area contributed by atoms with Gasteiger partial charge < -0.3 is 10.1 Å². The van der Waals surface area contributed by atoms with Crippen molar-refractivity contribution in [3.8, 4) is 11.4 Å². The zero-order chi connectivity index (χ0) is 15.4. The van der Waals surface area contributed by atoms with Gasteiger partial charge >= 0.3 is 0 Å². The Morgan fingerprint density at radius 2 is 1.82 bits per heavy atom. The van der Waals surface area contributed by atoms with Gasteiger partial charge in [-0.25, -0.2) is 9.67 Å². The molecule has 0 saturated heterocycles. The summed E-state index contributed by atoms with van der Waals surface area (Å²) in [6.07, 6.45) is 1.51. The van der Waals surface area contributed by atoms with Crippen LogP contribution in [-0.4, -0.2) is 27.8 Å². The number of carbonyl (C=O) groups is 1.